The summed E-state index contributed by atoms with van der Waals surface area (Å²) in [6, 6.07) is 0. The van der Waals surface area contributed by atoms with E-state index in [1.807, 2.05) is 0 Å². The highest BCUT2D eigenvalue weighted by Crippen LogP contribution is 1.86. The van der Waals surface area contributed by atoms with E-state index in [1.165, 1.54) is 0 Å². The van der Waals surface area contributed by atoms with Gasteiger partial charge in [-0.25, -0.2) is 17.9 Å². The van der Waals surface area contributed by atoms with Crippen molar-refractivity contribution in [2.45, 2.75) is 0 Å². The van der Waals surface area contributed by atoms with Crippen molar-refractivity contribution >= 4 is 27.7 Å². The highest BCUT2D eigenvalue weighted by Gasteiger charge is 2.07. The minimum absolute atomic E-state index is 0.00215. The monoisotopic (exact) mass is 230 g/mol. The summed E-state index contributed by atoms with van der Waals surface area (Å²) in [7, 11) is -3.34. The van der Waals surface area contributed by atoms with E-state index in [1.54, 1.807) is 0 Å². The lowest BCUT2D eigenvalue weighted by Gasteiger charge is -2.04. The fourth-order valence-corrected chi connectivity index (χ4v) is 1.87. The molecule has 0 atom stereocenters. The molecule has 0 spiro atoms. The van der Waals surface area contributed by atoms with E-state index in [2.05, 4.69) is 15.2 Å². The Morgan fingerprint density at radius 1 is 1.54 bits per heavy atom. The Labute approximate surface area is 81.4 Å². The summed E-state index contributed by atoms with van der Waals surface area (Å²) >= 11 is 5.22. The third kappa shape index (κ3) is 7.82. The number of halogens is 1. The van der Waals surface area contributed by atoms with Gasteiger partial charge in [-0.2, -0.15) is 0 Å². The number of nitrogens with one attached hydrogen (secondary N) is 1. The van der Waals surface area contributed by atoms with Crippen LogP contribution in [0.15, 0.2) is 0 Å². The van der Waals surface area contributed by atoms with Gasteiger partial charge >= 0.3 is 6.09 Å². The van der Waals surface area contributed by atoms with Gasteiger partial charge in [0.2, 0.25) is 10.0 Å². The number of carbonyl (C=O) groups is 1. The van der Waals surface area contributed by atoms with Crippen LogP contribution in [0.3, 0.4) is 0 Å². The highest BCUT2D eigenvalue weighted by molar-refractivity contribution is 7.89. The molecule has 0 aromatic heterocycles. The minimum atomic E-state index is -3.34. The lowest BCUT2D eigenvalue weighted by atomic mass is 10.7. The van der Waals surface area contributed by atoms with Crippen LogP contribution in [0.5, 0.6) is 0 Å². The molecule has 0 bridgehead atoms. The van der Waals surface area contributed by atoms with Crippen LogP contribution < -0.4 is 10.5 Å². The van der Waals surface area contributed by atoms with E-state index in [0.29, 0.717) is 0 Å². The van der Waals surface area contributed by atoms with E-state index >= 15 is 0 Å². The van der Waals surface area contributed by atoms with Crippen LogP contribution in [0.1, 0.15) is 0 Å². The third-order valence-corrected chi connectivity index (χ3v) is 2.81. The number of primary amides is 1. The maximum atomic E-state index is 10.9. The average molecular weight is 231 g/mol. The Hall–Kier alpha value is -0.530. The molecule has 0 saturated carbocycles. The zero-order valence-electron chi connectivity index (χ0n) is 6.82. The van der Waals surface area contributed by atoms with Gasteiger partial charge in [0.1, 0.15) is 6.61 Å². The van der Waals surface area contributed by atoms with Crippen LogP contribution in [0.4, 0.5) is 4.79 Å². The fourth-order valence-electron chi connectivity index (χ4n) is 0.523. The predicted molar refractivity (Wildman–Crippen MR) is 48.0 cm³/mol. The molecule has 0 saturated heterocycles. The van der Waals surface area contributed by atoms with Crippen molar-refractivity contribution in [2.75, 3.05) is 24.8 Å². The first-order chi connectivity index (χ1) is 5.98. The summed E-state index contributed by atoms with van der Waals surface area (Å²) in [5, 5.41) is 0. The van der Waals surface area contributed by atoms with Crippen molar-refractivity contribution in [3.63, 3.8) is 0 Å². The van der Waals surface area contributed by atoms with Crippen molar-refractivity contribution in [3.05, 3.63) is 0 Å². The fraction of sp³-hybridized carbons (Fsp3) is 0.800. The SMILES string of the molecule is NC(=O)OCCNS(=O)(=O)CCCl. The number of alkyl halides is 1. The molecule has 0 heterocycles. The number of amides is 1. The molecule has 13 heavy (non-hydrogen) atoms. The van der Waals surface area contributed by atoms with Crippen LogP contribution in [-0.4, -0.2) is 39.3 Å². The van der Waals surface area contributed by atoms with Gasteiger partial charge in [0, 0.05) is 12.4 Å². The largest absolute Gasteiger partial charge is 0.448 e. The van der Waals surface area contributed by atoms with E-state index < -0.39 is 16.1 Å². The van der Waals surface area contributed by atoms with Crippen LogP contribution in [-0.2, 0) is 14.8 Å². The summed E-state index contributed by atoms with van der Waals surface area (Å²) in [5.74, 6) is -0.142. The first kappa shape index (κ1) is 12.5. The van der Waals surface area contributed by atoms with Crippen LogP contribution in [0.2, 0.25) is 0 Å². The topological polar surface area (TPSA) is 98.5 Å². The van der Waals surface area contributed by atoms with Crippen molar-refractivity contribution in [1.82, 2.24) is 4.72 Å². The van der Waals surface area contributed by atoms with Gasteiger partial charge in [0.15, 0.2) is 0 Å². The molecule has 0 aliphatic rings. The maximum absolute atomic E-state index is 10.9. The number of rotatable bonds is 6. The second-order valence-corrected chi connectivity index (χ2v) is 4.37. The van der Waals surface area contributed by atoms with Crippen molar-refractivity contribution in [3.8, 4) is 0 Å². The number of carbonyl (C=O) groups excluding carboxylic acids is 1. The number of ether oxygens (including phenoxy) is 1. The Bertz CT molecular complexity index is 253. The second kappa shape index (κ2) is 6.01. The Morgan fingerprint density at radius 2 is 2.15 bits per heavy atom. The number of sulfonamides is 1. The van der Waals surface area contributed by atoms with Gasteiger partial charge in [-0.15, -0.1) is 11.6 Å². The smallest absolute Gasteiger partial charge is 0.404 e. The molecular weight excluding hydrogens is 220 g/mol. The lowest BCUT2D eigenvalue weighted by Crippen LogP contribution is -2.31. The van der Waals surface area contributed by atoms with Gasteiger partial charge in [-0.3, -0.25) is 0 Å². The second-order valence-electron chi connectivity index (χ2n) is 2.07. The van der Waals surface area contributed by atoms with E-state index in [4.69, 9.17) is 11.6 Å². The van der Waals surface area contributed by atoms with Crippen molar-refractivity contribution < 1.29 is 17.9 Å². The molecule has 6 nitrogen and oxygen atoms in total. The third-order valence-electron chi connectivity index (χ3n) is 1.01. The van der Waals surface area contributed by atoms with Gasteiger partial charge in [0.25, 0.3) is 0 Å². The van der Waals surface area contributed by atoms with Gasteiger partial charge < -0.3 is 10.5 Å². The number of nitrogens with two attached hydrogens (primary N) is 1. The van der Waals surface area contributed by atoms with E-state index in [9.17, 15) is 13.2 Å². The van der Waals surface area contributed by atoms with Crippen molar-refractivity contribution in [1.29, 1.82) is 0 Å². The molecule has 0 aromatic carbocycles. The predicted octanol–water partition coefficient (Wildman–Crippen LogP) is -0.760. The molecule has 8 heteroatoms. The first-order valence-electron chi connectivity index (χ1n) is 3.43. The number of hydrogen-bond acceptors (Lipinski definition) is 4. The molecule has 0 unspecified atom stereocenters. The summed E-state index contributed by atoms with van der Waals surface area (Å²) in [6.07, 6.45) is -0.934. The molecule has 0 radical (unpaired) electrons. The zero-order chi connectivity index (χ0) is 10.3. The average Bonchev–Trinajstić information content (AvgIpc) is 1.98. The van der Waals surface area contributed by atoms with Crippen LogP contribution >= 0.6 is 11.6 Å². The van der Waals surface area contributed by atoms with Gasteiger partial charge in [-0.05, 0) is 0 Å². The molecule has 0 rings (SSSR count). The minimum Gasteiger partial charge on any atom is -0.448 e. The van der Waals surface area contributed by atoms with E-state index in [-0.39, 0.29) is 24.8 Å². The molecule has 1 amide bonds. The Balaban J connectivity index is 3.58. The molecular formula is C5H11ClN2O4S. The summed E-state index contributed by atoms with van der Waals surface area (Å²) in [4.78, 5) is 10.1. The lowest BCUT2D eigenvalue weighted by molar-refractivity contribution is 0.159. The molecule has 0 aliphatic carbocycles. The standard InChI is InChI=1S/C5H11ClN2O4S/c6-1-4-13(10,11)8-2-3-12-5(7)9/h8H,1-4H2,(H2,7,9). The molecule has 0 fully saturated rings. The molecule has 3 N–H and O–H groups in total. The summed E-state index contributed by atoms with van der Waals surface area (Å²) in [6.45, 7) is -0.0843. The zero-order valence-corrected chi connectivity index (χ0v) is 8.40. The van der Waals surface area contributed by atoms with Crippen LogP contribution in [0, 0.1) is 0 Å². The summed E-state index contributed by atoms with van der Waals surface area (Å²) in [5.41, 5.74) is 4.64. The van der Waals surface area contributed by atoms with E-state index in [0.717, 1.165) is 0 Å². The molecule has 78 valence electrons. The quantitative estimate of drug-likeness (QED) is 0.463. The normalized spacial score (nSPS) is 11.2. The maximum Gasteiger partial charge on any atom is 0.404 e. The Kier molecular flexibility index (Phi) is 5.76. The molecule has 0 aliphatic heterocycles. The van der Waals surface area contributed by atoms with Gasteiger partial charge in [-0.1, -0.05) is 0 Å². The van der Waals surface area contributed by atoms with Gasteiger partial charge in [0.05, 0.1) is 5.75 Å². The van der Waals surface area contributed by atoms with Crippen molar-refractivity contribution in [2.24, 2.45) is 5.73 Å². The Morgan fingerprint density at radius 3 is 2.62 bits per heavy atom. The first-order valence-corrected chi connectivity index (χ1v) is 5.62. The summed E-state index contributed by atoms with van der Waals surface area (Å²) < 4.78 is 28.3. The number of hydrogen-bond donors (Lipinski definition) is 2. The highest BCUT2D eigenvalue weighted by atomic mass is 35.5. The van der Waals surface area contributed by atoms with Crippen LogP contribution in [0.25, 0.3) is 0 Å². The molecule has 0 aromatic rings.